The number of carbonyl (C=O) groups is 1. The lowest BCUT2D eigenvalue weighted by Crippen LogP contribution is -2.35. The van der Waals surface area contributed by atoms with E-state index in [4.69, 9.17) is 11.6 Å². The van der Waals surface area contributed by atoms with Crippen LogP contribution in [-0.2, 0) is 0 Å². The molecule has 2 amide bonds. The first-order valence-electron chi connectivity index (χ1n) is 7.89. The number of aromatic nitrogens is 2. The van der Waals surface area contributed by atoms with E-state index in [1.54, 1.807) is 23.5 Å². The topological polar surface area (TPSA) is 59.0 Å². The van der Waals surface area contributed by atoms with Crippen LogP contribution in [0, 0.1) is 13.8 Å². The fourth-order valence-corrected chi connectivity index (χ4v) is 3.58. The molecule has 0 aliphatic carbocycles. The van der Waals surface area contributed by atoms with Gasteiger partial charge < -0.3 is 10.6 Å². The molecule has 2 aromatic heterocycles. The summed E-state index contributed by atoms with van der Waals surface area (Å²) in [5.74, 6) is 0. The van der Waals surface area contributed by atoms with Crippen molar-refractivity contribution in [2.75, 3.05) is 11.9 Å². The fraction of sp³-hybridized carbons (Fsp3) is 0.222. The standard InChI is InChI=1S/C18H19ClN4OS/c1-12-9-13(2)23(22-12)17(14-7-8-25-11-14)10-20-18(24)21-16-6-4-3-5-15(16)19/h3-9,11,17H,10H2,1-2H3,(H2,20,21,24). The summed E-state index contributed by atoms with van der Waals surface area (Å²) in [6, 6.07) is 10.9. The third-order valence-corrected chi connectivity index (χ3v) is 4.88. The maximum Gasteiger partial charge on any atom is 0.319 e. The minimum Gasteiger partial charge on any atom is -0.335 e. The fourth-order valence-electron chi connectivity index (χ4n) is 2.69. The van der Waals surface area contributed by atoms with Crippen LogP contribution in [0.3, 0.4) is 0 Å². The van der Waals surface area contributed by atoms with Crippen LogP contribution in [-0.4, -0.2) is 22.4 Å². The number of aryl methyl sites for hydroxylation is 2. The van der Waals surface area contributed by atoms with E-state index in [1.807, 2.05) is 42.1 Å². The molecule has 2 heterocycles. The van der Waals surface area contributed by atoms with E-state index in [1.165, 1.54) is 0 Å². The number of anilines is 1. The molecule has 1 aromatic carbocycles. The van der Waals surface area contributed by atoms with Crippen molar-refractivity contribution in [3.05, 3.63) is 69.1 Å². The van der Waals surface area contributed by atoms with Crippen molar-refractivity contribution in [1.82, 2.24) is 15.1 Å². The van der Waals surface area contributed by atoms with Gasteiger partial charge in [0.25, 0.3) is 0 Å². The molecule has 0 spiro atoms. The zero-order chi connectivity index (χ0) is 17.8. The maximum absolute atomic E-state index is 12.3. The molecule has 1 atom stereocenters. The third kappa shape index (κ3) is 4.21. The number of rotatable bonds is 5. The molecule has 0 saturated heterocycles. The SMILES string of the molecule is Cc1cc(C)n(C(CNC(=O)Nc2ccccc2Cl)c2ccsc2)n1. The van der Waals surface area contributed by atoms with Crippen LogP contribution in [0.15, 0.2) is 47.2 Å². The van der Waals surface area contributed by atoms with Crippen LogP contribution in [0.1, 0.15) is 23.0 Å². The molecule has 1 unspecified atom stereocenters. The molecule has 3 rings (SSSR count). The van der Waals surface area contributed by atoms with Gasteiger partial charge in [-0.2, -0.15) is 16.4 Å². The number of urea groups is 1. The van der Waals surface area contributed by atoms with Gasteiger partial charge in [0.2, 0.25) is 0 Å². The number of amides is 2. The number of nitrogens with one attached hydrogen (secondary N) is 2. The van der Waals surface area contributed by atoms with Crippen LogP contribution in [0.5, 0.6) is 0 Å². The molecule has 7 heteroatoms. The van der Waals surface area contributed by atoms with Crippen molar-refractivity contribution in [2.45, 2.75) is 19.9 Å². The molecule has 0 bridgehead atoms. The quantitative estimate of drug-likeness (QED) is 0.684. The van der Waals surface area contributed by atoms with E-state index in [0.29, 0.717) is 17.3 Å². The van der Waals surface area contributed by atoms with E-state index in [2.05, 4.69) is 27.2 Å². The predicted molar refractivity (Wildman–Crippen MR) is 103 cm³/mol. The zero-order valence-corrected chi connectivity index (χ0v) is 15.6. The number of hydrogen-bond donors (Lipinski definition) is 2. The van der Waals surface area contributed by atoms with Crippen LogP contribution in [0.2, 0.25) is 5.02 Å². The molecule has 25 heavy (non-hydrogen) atoms. The second-order valence-electron chi connectivity index (χ2n) is 5.76. The molecule has 0 aliphatic rings. The molecular formula is C18H19ClN4OS. The van der Waals surface area contributed by atoms with Crippen molar-refractivity contribution in [3.8, 4) is 0 Å². The Morgan fingerprint density at radius 2 is 2.12 bits per heavy atom. The lowest BCUT2D eigenvalue weighted by atomic mass is 10.1. The van der Waals surface area contributed by atoms with Gasteiger partial charge in [0.15, 0.2) is 0 Å². The monoisotopic (exact) mass is 374 g/mol. The average Bonchev–Trinajstić information content (AvgIpc) is 3.20. The number of halogens is 1. The Morgan fingerprint density at radius 1 is 1.32 bits per heavy atom. The van der Waals surface area contributed by atoms with Gasteiger partial charge in [-0.05, 0) is 54.4 Å². The summed E-state index contributed by atoms with van der Waals surface area (Å²) in [5.41, 5.74) is 3.72. The molecule has 0 fully saturated rings. The Balaban J connectivity index is 1.72. The summed E-state index contributed by atoms with van der Waals surface area (Å²) in [6.45, 7) is 4.41. The van der Waals surface area contributed by atoms with Gasteiger partial charge in [0.05, 0.1) is 22.4 Å². The van der Waals surface area contributed by atoms with Gasteiger partial charge in [-0.3, -0.25) is 4.68 Å². The molecule has 0 saturated carbocycles. The van der Waals surface area contributed by atoms with Crippen molar-refractivity contribution < 1.29 is 4.79 Å². The highest BCUT2D eigenvalue weighted by Gasteiger charge is 2.18. The summed E-state index contributed by atoms with van der Waals surface area (Å²) in [7, 11) is 0. The summed E-state index contributed by atoms with van der Waals surface area (Å²) >= 11 is 7.70. The Morgan fingerprint density at radius 3 is 2.76 bits per heavy atom. The average molecular weight is 375 g/mol. The lowest BCUT2D eigenvalue weighted by Gasteiger charge is -2.19. The van der Waals surface area contributed by atoms with Gasteiger partial charge >= 0.3 is 6.03 Å². The largest absolute Gasteiger partial charge is 0.335 e. The van der Waals surface area contributed by atoms with E-state index in [0.717, 1.165) is 17.0 Å². The van der Waals surface area contributed by atoms with Gasteiger partial charge in [-0.1, -0.05) is 23.7 Å². The first-order chi connectivity index (χ1) is 12.0. The normalized spacial score (nSPS) is 12.0. The van der Waals surface area contributed by atoms with Gasteiger partial charge in [-0.25, -0.2) is 4.79 Å². The van der Waals surface area contributed by atoms with Gasteiger partial charge in [0.1, 0.15) is 0 Å². The van der Waals surface area contributed by atoms with E-state index in [-0.39, 0.29) is 12.1 Å². The van der Waals surface area contributed by atoms with Crippen molar-refractivity contribution >= 4 is 34.7 Å². The van der Waals surface area contributed by atoms with Gasteiger partial charge in [-0.15, -0.1) is 0 Å². The molecule has 130 valence electrons. The lowest BCUT2D eigenvalue weighted by molar-refractivity contribution is 0.250. The third-order valence-electron chi connectivity index (χ3n) is 3.85. The molecule has 5 nitrogen and oxygen atoms in total. The minimum atomic E-state index is -0.296. The molecule has 0 aliphatic heterocycles. The van der Waals surface area contributed by atoms with Crippen molar-refractivity contribution in [1.29, 1.82) is 0 Å². The first kappa shape index (κ1) is 17.5. The second kappa shape index (κ2) is 7.72. The number of thiophene rings is 1. The van der Waals surface area contributed by atoms with E-state index >= 15 is 0 Å². The van der Waals surface area contributed by atoms with Crippen LogP contribution < -0.4 is 10.6 Å². The smallest absolute Gasteiger partial charge is 0.319 e. The molecule has 2 N–H and O–H groups in total. The summed E-state index contributed by atoms with van der Waals surface area (Å²) in [5, 5.41) is 14.9. The van der Waals surface area contributed by atoms with Crippen LogP contribution >= 0.6 is 22.9 Å². The highest BCUT2D eigenvalue weighted by molar-refractivity contribution is 7.08. The molecule has 3 aromatic rings. The van der Waals surface area contributed by atoms with Gasteiger partial charge in [0, 0.05) is 12.2 Å². The van der Waals surface area contributed by atoms with Crippen molar-refractivity contribution in [2.24, 2.45) is 0 Å². The zero-order valence-electron chi connectivity index (χ0n) is 14.0. The minimum absolute atomic E-state index is 0.0584. The van der Waals surface area contributed by atoms with E-state index < -0.39 is 0 Å². The predicted octanol–water partition coefficient (Wildman–Crippen LogP) is 4.63. The number of hydrogen-bond acceptors (Lipinski definition) is 3. The number of benzene rings is 1. The summed E-state index contributed by atoms with van der Waals surface area (Å²) in [6.07, 6.45) is 0. The van der Waals surface area contributed by atoms with Crippen LogP contribution in [0.4, 0.5) is 10.5 Å². The second-order valence-corrected chi connectivity index (χ2v) is 6.95. The summed E-state index contributed by atoms with van der Waals surface area (Å²) < 4.78 is 1.95. The summed E-state index contributed by atoms with van der Waals surface area (Å²) in [4.78, 5) is 12.3. The van der Waals surface area contributed by atoms with Crippen LogP contribution in [0.25, 0.3) is 0 Å². The Bertz CT molecular complexity index is 860. The number of para-hydroxylation sites is 1. The first-order valence-corrected chi connectivity index (χ1v) is 9.21. The molecule has 0 radical (unpaired) electrons. The number of nitrogens with zero attached hydrogens (tertiary/aromatic N) is 2. The maximum atomic E-state index is 12.3. The Labute approximate surface area is 155 Å². The number of carbonyl (C=O) groups excluding carboxylic acids is 1. The van der Waals surface area contributed by atoms with Crippen molar-refractivity contribution in [3.63, 3.8) is 0 Å². The molecular weight excluding hydrogens is 356 g/mol. The highest BCUT2D eigenvalue weighted by atomic mass is 35.5. The van der Waals surface area contributed by atoms with E-state index in [9.17, 15) is 4.79 Å². The Kier molecular flexibility index (Phi) is 5.40. The Hall–Kier alpha value is -2.31. The highest BCUT2D eigenvalue weighted by Crippen LogP contribution is 2.23.